The van der Waals surface area contributed by atoms with Gasteiger partial charge in [0.05, 0.1) is 0 Å². The lowest BCUT2D eigenvalue weighted by molar-refractivity contribution is 1.60. The minimum Gasteiger partial charge on any atom is -0.175 e. The quantitative estimate of drug-likeness (QED) is 0.765. The molecule has 0 spiro atoms. The van der Waals surface area contributed by atoms with Crippen molar-refractivity contribution in [1.82, 2.24) is 0 Å². The van der Waals surface area contributed by atoms with Gasteiger partial charge in [0, 0.05) is 15.2 Å². The van der Waals surface area contributed by atoms with Gasteiger partial charge in [0.2, 0.25) is 0 Å². The van der Waals surface area contributed by atoms with Gasteiger partial charge in [-0.25, -0.2) is 0 Å². The third-order valence-corrected chi connectivity index (χ3v) is 2.40. The summed E-state index contributed by atoms with van der Waals surface area (Å²) in [4.78, 5) is 0. The van der Waals surface area contributed by atoms with E-state index in [0.717, 1.165) is 20.8 Å². The fourth-order valence-electron chi connectivity index (χ4n) is 0.816. The first-order valence-corrected chi connectivity index (χ1v) is 5.27. The highest BCUT2D eigenvalue weighted by Crippen LogP contribution is 2.22. The maximum atomic E-state index is 5.96. The summed E-state index contributed by atoms with van der Waals surface area (Å²) < 4.78 is 0.996. The number of rotatable bonds is 2. The van der Waals surface area contributed by atoms with Crippen LogP contribution in [0.25, 0.3) is 6.08 Å². The van der Waals surface area contributed by atoms with Gasteiger partial charge in [0.15, 0.2) is 0 Å². The Hall–Kier alpha value is 0.0800. The molecule has 0 fully saturated rings. The third-order valence-electron chi connectivity index (χ3n) is 1.37. The van der Waals surface area contributed by atoms with Gasteiger partial charge in [-0.05, 0) is 17.7 Å². The van der Waals surface area contributed by atoms with E-state index in [9.17, 15) is 0 Å². The second-order valence-corrected chi connectivity index (χ2v) is 3.94. The van der Waals surface area contributed by atoms with E-state index in [2.05, 4.69) is 28.6 Å². The lowest BCUT2D eigenvalue weighted by atomic mass is 10.2. The van der Waals surface area contributed by atoms with Crippen molar-refractivity contribution in [2.24, 2.45) is 0 Å². The van der Waals surface area contributed by atoms with E-state index in [0.29, 0.717) is 0 Å². The second-order valence-electron chi connectivity index (χ2n) is 2.25. The molecular formula is C9H8BrClS. The zero-order valence-electron chi connectivity index (χ0n) is 6.30. The van der Waals surface area contributed by atoms with E-state index < -0.39 is 0 Å². The summed E-state index contributed by atoms with van der Waals surface area (Å²) in [6, 6.07) is 5.80. The summed E-state index contributed by atoms with van der Waals surface area (Å²) in [7, 11) is 0. The summed E-state index contributed by atoms with van der Waals surface area (Å²) in [6.45, 7) is 0. The number of benzene rings is 1. The first-order valence-electron chi connectivity index (χ1n) is 3.46. The lowest BCUT2D eigenvalue weighted by Gasteiger charge is -1.97. The molecule has 0 aliphatic rings. The fraction of sp³-hybridized carbons (Fsp3) is 0.111. The molecule has 0 nitrogen and oxygen atoms in total. The molecule has 0 saturated heterocycles. The normalized spacial score (nSPS) is 10.9. The average Bonchev–Trinajstić information content (AvgIpc) is 2.03. The van der Waals surface area contributed by atoms with Crippen molar-refractivity contribution >= 4 is 46.2 Å². The Balaban J connectivity index is 2.94. The van der Waals surface area contributed by atoms with E-state index in [1.165, 1.54) is 0 Å². The Labute approximate surface area is 91.2 Å². The van der Waals surface area contributed by atoms with Crippen molar-refractivity contribution in [3.8, 4) is 0 Å². The van der Waals surface area contributed by atoms with E-state index in [4.69, 9.17) is 11.6 Å². The molecule has 0 amide bonds. The molecule has 0 N–H and O–H groups in total. The van der Waals surface area contributed by atoms with Crippen molar-refractivity contribution in [2.45, 2.75) is 0 Å². The summed E-state index contributed by atoms with van der Waals surface area (Å²) >= 11 is 13.4. The van der Waals surface area contributed by atoms with Crippen LogP contribution in [0, 0.1) is 0 Å². The fourth-order valence-corrected chi connectivity index (χ4v) is 1.66. The van der Waals surface area contributed by atoms with E-state index >= 15 is 0 Å². The van der Waals surface area contributed by atoms with Crippen LogP contribution in [0.1, 0.15) is 5.56 Å². The molecule has 1 aromatic rings. The van der Waals surface area contributed by atoms with Gasteiger partial charge in [-0.1, -0.05) is 45.7 Å². The van der Waals surface area contributed by atoms with Gasteiger partial charge in [-0.15, -0.1) is 0 Å². The van der Waals surface area contributed by atoms with Gasteiger partial charge < -0.3 is 0 Å². The lowest BCUT2D eigenvalue weighted by Crippen LogP contribution is -1.75. The molecule has 0 heterocycles. The first kappa shape index (κ1) is 10.2. The van der Waals surface area contributed by atoms with Crippen molar-refractivity contribution in [3.05, 3.63) is 39.3 Å². The molecule has 0 atom stereocenters. The molecule has 12 heavy (non-hydrogen) atoms. The molecule has 0 saturated carbocycles. The van der Waals surface area contributed by atoms with Crippen LogP contribution >= 0.6 is 40.2 Å². The van der Waals surface area contributed by atoms with E-state index in [-0.39, 0.29) is 0 Å². The van der Waals surface area contributed by atoms with Gasteiger partial charge >= 0.3 is 0 Å². The molecule has 1 rings (SSSR count). The monoisotopic (exact) mass is 262 g/mol. The number of halogens is 2. The van der Waals surface area contributed by atoms with Crippen LogP contribution in [-0.2, 0) is 0 Å². The van der Waals surface area contributed by atoms with Crippen LogP contribution in [0.3, 0.4) is 0 Å². The van der Waals surface area contributed by atoms with Crippen molar-refractivity contribution < 1.29 is 0 Å². The minimum atomic E-state index is 0.729. The average molecular weight is 264 g/mol. The Morgan fingerprint density at radius 3 is 2.83 bits per heavy atom. The van der Waals surface area contributed by atoms with Gasteiger partial charge in [-0.3, -0.25) is 0 Å². The van der Waals surface area contributed by atoms with Crippen LogP contribution in [0.5, 0.6) is 0 Å². The summed E-state index contributed by atoms with van der Waals surface area (Å²) in [5.74, 6) is 0.729. The molecule has 64 valence electrons. The molecule has 0 radical (unpaired) electrons. The van der Waals surface area contributed by atoms with Crippen LogP contribution in [0.15, 0.2) is 28.7 Å². The Bertz CT molecular complexity index is 297. The van der Waals surface area contributed by atoms with Crippen molar-refractivity contribution in [2.75, 3.05) is 5.75 Å². The molecular weight excluding hydrogens is 256 g/mol. The van der Waals surface area contributed by atoms with E-state index in [1.807, 2.05) is 30.4 Å². The SMILES string of the molecule is SCC=Cc1ccc(Br)cc1Cl. The molecule has 0 aliphatic carbocycles. The zero-order valence-corrected chi connectivity index (χ0v) is 9.53. The number of hydrogen-bond donors (Lipinski definition) is 1. The number of thiol groups is 1. The maximum Gasteiger partial charge on any atom is 0.0489 e. The molecule has 1 aromatic carbocycles. The van der Waals surface area contributed by atoms with Crippen LogP contribution in [0.2, 0.25) is 5.02 Å². The molecule has 0 aliphatic heterocycles. The zero-order chi connectivity index (χ0) is 8.97. The van der Waals surface area contributed by atoms with Gasteiger partial charge in [-0.2, -0.15) is 12.6 Å². The predicted octanol–water partition coefficient (Wildman–Crippen LogP) is 4.05. The Morgan fingerprint density at radius 2 is 2.25 bits per heavy atom. The Kier molecular flexibility index (Phi) is 4.19. The largest absolute Gasteiger partial charge is 0.175 e. The molecule has 3 heteroatoms. The summed E-state index contributed by atoms with van der Waals surface area (Å²) in [5, 5.41) is 0.752. The van der Waals surface area contributed by atoms with Gasteiger partial charge in [0.1, 0.15) is 0 Å². The van der Waals surface area contributed by atoms with E-state index in [1.54, 1.807) is 0 Å². The molecule has 0 bridgehead atoms. The summed E-state index contributed by atoms with van der Waals surface area (Å²) in [5.41, 5.74) is 1.02. The van der Waals surface area contributed by atoms with Crippen molar-refractivity contribution in [1.29, 1.82) is 0 Å². The topological polar surface area (TPSA) is 0 Å². The highest BCUT2D eigenvalue weighted by Gasteiger charge is 1.95. The first-order chi connectivity index (χ1) is 5.74. The second kappa shape index (κ2) is 4.95. The third kappa shape index (κ3) is 2.85. The summed E-state index contributed by atoms with van der Waals surface area (Å²) in [6.07, 6.45) is 3.92. The van der Waals surface area contributed by atoms with Crippen LogP contribution in [0.4, 0.5) is 0 Å². The van der Waals surface area contributed by atoms with Crippen LogP contribution < -0.4 is 0 Å². The maximum absolute atomic E-state index is 5.96. The highest BCUT2D eigenvalue weighted by molar-refractivity contribution is 9.10. The van der Waals surface area contributed by atoms with Gasteiger partial charge in [0.25, 0.3) is 0 Å². The molecule has 0 unspecified atom stereocenters. The predicted molar refractivity (Wildman–Crippen MR) is 62.0 cm³/mol. The van der Waals surface area contributed by atoms with Crippen LogP contribution in [-0.4, -0.2) is 5.75 Å². The van der Waals surface area contributed by atoms with Crippen molar-refractivity contribution in [3.63, 3.8) is 0 Å². The molecule has 0 aromatic heterocycles. The Morgan fingerprint density at radius 1 is 1.50 bits per heavy atom. The number of hydrogen-bond acceptors (Lipinski definition) is 1. The standard InChI is InChI=1S/C9H8BrClS/c10-8-4-3-7(2-1-5-12)9(11)6-8/h1-4,6,12H,5H2. The minimum absolute atomic E-state index is 0.729. The highest BCUT2D eigenvalue weighted by atomic mass is 79.9. The smallest absolute Gasteiger partial charge is 0.0489 e.